The van der Waals surface area contributed by atoms with Crippen molar-refractivity contribution in [3.8, 4) is 5.75 Å². The van der Waals surface area contributed by atoms with E-state index < -0.39 is 0 Å². The molecule has 1 atom stereocenters. The molecule has 1 aromatic heterocycles. The molecule has 0 fully saturated rings. The molecule has 20 heavy (non-hydrogen) atoms. The fourth-order valence-electron chi connectivity index (χ4n) is 2.32. The largest absolute Gasteiger partial charge is 0.497 e. The van der Waals surface area contributed by atoms with Gasteiger partial charge < -0.3 is 15.4 Å². The van der Waals surface area contributed by atoms with E-state index in [9.17, 15) is 0 Å². The highest BCUT2D eigenvalue weighted by Crippen LogP contribution is 2.27. The summed E-state index contributed by atoms with van der Waals surface area (Å²) in [4.78, 5) is 6.39. The van der Waals surface area contributed by atoms with Crippen LogP contribution in [0.3, 0.4) is 0 Å². The molecule has 2 rings (SSSR count). The summed E-state index contributed by atoms with van der Waals surface area (Å²) in [6, 6.07) is 10.1. The lowest BCUT2D eigenvalue weighted by Gasteiger charge is -2.30. The smallest absolute Gasteiger partial charge is 0.119 e. The van der Waals surface area contributed by atoms with Crippen molar-refractivity contribution in [3.63, 3.8) is 0 Å². The van der Waals surface area contributed by atoms with Crippen molar-refractivity contribution < 1.29 is 4.74 Å². The van der Waals surface area contributed by atoms with Crippen LogP contribution in [0.25, 0.3) is 0 Å². The number of methoxy groups -OCH3 is 1. The number of aryl methyl sites for hydroxylation is 1. The topological polar surface area (TPSA) is 51.4 Å². The molecular formula is C16H21N3O. The SMILES string of the molecule is COc1ccc(N(C)C(CN)c2cnccc2C)cc1. The molecule has 0 aliphatic heterocycles. The minimum absolute atomic E-state index is 0.108. The van der Waals surface area contributed by atoms with Crippen molar-refractivity contribution in [2.75, 3.05) is 25.6 Å². The average Bonchev–Trinajstić information content (AvgIpc) is 2.50. The van der Waals surface area contributed by atoms with Crippen LogP contribution in [0.2, 0.25) is 0 Å². The lowest BCUT2D eigenvalue weighted by atomic mass is 10.0. The van der Waals surface area contributed by atoms with Gasteiger partial charge in [0.2, 0.25) is 0 Å². The first-order valence-electron chi connectivity index (χ1n) is 6.65. The number of rotatable bonds is 5. The summed E-state index contributed by atoms with van der Waals surface area (Å²) in [5, 5.41) is 0. The minimum atomic E-state index is 0.108. The first-order valence-corrected chi connectivity index (χ1v) is 6.65. The van der Waals surface area contributed by atoms with Crippen LogP contribution >= 0.6 is 0 Å². The van der Waals surface area contributed by atoms with Gasteiger partial charge in [-0.3, -0.25) is 4.98 Å². The predicted molar refractivity (Wildman–Crippen MR) is 82.2 cm³/mol. The zero-order valence-electron chi connectivity index (χ0n) is 12.2. The molecule has 1 aromatic carbocycles. The number of nitrogens with zero attached hydrogens (tertiary/aromatic N) is 2. The number of benzene rings is 1. The van der Waals surface area contributed by atoms with Gasteiger partial charge in [0.15, 0.2) is 0 Å². The van der Waals surface area contributed by atoms with Gasteiger partial charge in [-0.25, -0.2) is 0 Å². The number of likely N-dealkylation sites (N-methyl/N-ethyl adjacent to an activating group) is 1. The highest BCUT2D eigenvalue weighted by atomic mass is 16.5. The second-order valence-corrected chi connectivity index (χ2v) is 4.79. The molecule has 2 aromatic rings. The van der Waals surface area contributed by atoms with Crippen molar-refractivity contribution >= 4 is 5.69 Å². The molecule has 0 aliphatic carbocycles. The van der Waals surface area contributed by atoms with Crippen molar-refractivity contribution in [1.29, 1.82) is 0 Å². The van der Waals surface area contributed by atoms with E-state index in [2.05, 4.69) is 16.8 Å². The van der Waals surface area contributed by atoms with Crippen LogP contribution in [0.5, 0.6) is 5.75 Å². The normalized spacial score (nSPS) is 12.0. The number of nitrogens with two attached hydrogens (primary N) is 1. The zero-order valence-corrected chi connectivity index (χ0v) is 12.2. The molecule has 1 heterocycles. The molecule has 106 valence electrons. The highest BCUT2D eigenvalue weighted by molar-refractivity contribution is 5.51. The van der Waals surface area contributed by atoms with Crippen LogP contribution in [0.15, 0.2) is 42.7 Å². The van der Waals surface area contributed by atoms with E-state index >= 15 is 0 Å². The van der Waals surface area contributed by atoms with E-state index in [-0.39, 0.29) is 6.04 Å². The third-order valence-corrected chi connectivity index (χ3v) is 3.61. The summed E-state index contributed by atoms with van der Waals surface area (Å²) in [5.74, 6) is 0.851. The first-order chi connectivity index (χ1) is 9.67. The second-order valence-electron chi connectivity index (χ2n) is 4.79. The number of hydrogen-bond acceptors (Lipinski definition) is 4. The molecule has 1 unspecified atom stereocenters. The molecule has 0 aliphatic rings. The number of ether oxygens (including phenoxy) is 1. The lowest BCUT2D eigenvalue weighted by molar-refractivity contribution is 0.415. The Labute approximate surface area is 120 Å². The van der Waals surface area contributed by atoms with E-state index in [0.29, 0.717) is 6.54 Å². The summed E-state index contributed by atoms with van der Waals surface area (Å²) < 4.78 is 5.19. The third kappa shape index (κ3) is 2.91. The summed E-state index contributed by atoms with van der Waals surface area (Å²) in [5.41, 5.74) is 9.44. The average molecular weight is 271 g/mol. The highest BCUT2D eigenvalue weighted by Gasteiger charge is 2.18. The number of anilines is 1. The van der Waals surface area contributed by atoms with Gasteiger partial charge in [-0.05, 0) is 48.4 Å². The standard InChI is InChI=1S/C16H21N3O/c1-12-8-9-18-11-15(12)16(10-17)19(2)13-4-6-14(20-3)7-5-13/h4-9,11,16H,10,17H2,1-3H3. The van der Waals surface area contributed by atoms with E-state index in [1.165, 1.54) is 5.56 Å². The van der Waals surface area contributed by atoms with Gasteiger partial charge in [0.05, 0.1) is 13.2 Å². The summed E-state index contributed by atoms with van der Waals surface area (Å²) in [6.45, 7) is 2.62. The van der Waals surface area contributed by atoms with Gasteiger partial charge in [-0.2, -0.15) is 0 Å². The molecule has 0 saturated heterocycles. The quantitative estimate of drug-likeness (QED) is 0.908. The Morgan fingerprint density at radius 2 is 1.95 bits per heavy atom. The molecular weight excluding hydrogens is 250 g/mol. The maximum atomic E-state index is 5.97. The summed E-state index contributed by atoms with van der Waals surface area (Å²) >= 11 is 0. The van der Waals surface area contributed by atoms with E-state index in [0.717, 1.165) is 17.0 Å². The molecule has 0 radical (unpaired) electrons. The first kappa shape index (κ1) is 14.3. The Kier molecular flexibility index (Phi) is 4.58. The van der Waals surface area contributed by atoms with Gasteiger partial charge >= 0.3 is 0 Å². The van der Waals surface area contributed by atoms with Crippen LogP contribution in [-0.4, -0.2) is 25.7 Å². The molecule has 4 heteroatoms. The Morgan fingerprint density at radius 3 is 2.50 bits per heavy atom. The Balaban J connectivity index is 2.28. The Hall–Kier alpha value is -2.07. The third-order valence-electron chi connectivity index (χ3n) is 3.61. The predicted octanol–water partition coefficient (Wildman–Crippen LogP) is 2.53. The molecule has 0 saturated carbocycles. The zero-order chi connectivity index (χ0) is 14.5. The monoisotopic (exact) mass is 271 g/mol. The fourth-order valence-corrected chi connectivity index (χ4v) is 2.32. The van der Waals surface area contributed by atoms with Crippen LogP contribution in [-0.2, 0) is 0 Å². The Bertz CT molecular complexity index is 554. The van der Waals surface area contributed by atoms with Gasteiger partial charge in [-0.15, -0.1) is 0 Å². The van der Waals surface area contributed by atoms with E-state index in [1.807, 2.05) is 43.6 Å². The molecule has 0 bridgehead atoms. The van der Waals surface area contributed by atoms with Crippen LogP contribution in [0, 0.1) is 6.92 Å². The fraction of sp³-hybridized carbons (Fsp3) is 0.312. The van der Waals surface area contributed by atoms with Crippen molar-refractivity contribution in [2.24, 2.45) is 5.73 Å². The maximum absolute atomic E-state index is 5.97. The van der Waals surface area contributed by atoms with Gasteiger partial charge in [0, 0.05) is 31.7 Å². The van der Waals surface area contributed by atoms with Crippen molar-refractivity contribution in [2.45, 2.75) is 13.0 Å². The van der Waals surface area contributed by atoms with Crippen LogP contribution in [0.4, 0.5) is 5.69 Å². The summed E-state index contributed by atoms with van der Waals surface area (Å²) in [6.07, 6.45) is 3.70. The molecule has 0 amide bonds. The minimum Gasteiger partial charge on any atom is -0.497 e. The van der Waals surface area contributed by atoms with Gasteiger partial charge in [0.25, 0.3) is 0 Å². The van der Waals surface area contributed by atoms with E-state index in [4.69, 9.17) is 10.5 Å². The molecule has 4 nitrogen and oxygen atoms in total. The van der Waals surface area contributed by atoms with Crippen LogP contribution in [0.1, 0.15) is 17.2 Å². The molecule has 2 N–H and O–H groups in total. The van der Waals surface area contributed by atoms with E-state index in [1.54, 1.807) is 13.3 Å². The van der Waals surface area contributed by atoms with Crippen molar-refractivity contribution in [3.05, 3.63) is 53.9 Å². The molecule has 0 spiro atoms. The van der Waals surface area contributed by atoms with Crippen LogP contribution < -0.4 is 15.4 Å². The number of hydrogen-bond donors (Lipinski definition) is 1. The van der Waals surface area contributed by atoms with Crippen molar-refractivity contribution in [1.82, 2.24) is 4.98 Å². The Morgan fingerprint density at radius 1 is 1.25 bits per heavy atom. The number of pyridine rings is 1. The van der Waals surface area contributed by atoms with Gasteiger partial charge in [-0.1, -0.05) is 0 Å². The van der Waals surface area contributed by atoms with Gasteiger partial charge in [0.1, 0.15) is 5.75 Å². The number of aromatic nitrogens is 1. The maximum Gasteiger partial charge on any atom is 0.119 e. The second kappa shape index (κ2) is 6.39. The summed E-state index contributed by atoms with van der Waals surface area (Å²) in [7, 11) is 3.71. The lowest BCUT2D eigenvalue weighted by Crippen LogP contribution is -2.31.